The zero-order valence-electron chi connectivity index (χ0n) is 10.1. The number of aromatic nitrogens is 3. The lowest BCUT2D eigenvalue weighted by atomic mass is 9.99. The number of hydrogen-bond donors (Lipinski definition) is 2. The molecule has 3 heterocycles. The fourth-order valence-corrected chi connectivity index (χ4v) is 2.54. The van der Waals surface area contributed by atoms with Crippen LogP contribution in [0.5, 0.6) is 0 Å². The topological polar surface area (TPSA) is 77.4 Å². The molecule has 0 radical (unpaired) electrons. The van der Waals surface area contributed by atoms with Gasteiger partial charge in [-0.1, -0.05) is 6.42 Å². The highest BCUT2D eigenvalue weighted by Crippen LogP contribution is 2.18. The maximum absolute atomic E-state index is 8.96. The van der Waals surface area contributed by atoms with Crippen molar-refractivity contribution in [1.29, 1.82) is 5.26 Å². The van der Waals surface area contributed by atoms with Crippen LogP contribution in [0.25, 0.3) is 11.0 Å². The molecule has 1 aliphatic rings. The van der Waals surface area contributed by atoms with E-state index < -0.39 is 0 Å². The number of nitrogens with one attached hydrogen (secondary N) is 2. The van der Waals surface area contributed by atoms with Gasteiger partial charge in [-0.15, -0.1) is 0 Å². The molecule has 0 spiro atoms. The molecule has 0 saturated carbocycles. The Hall–Kier alpha value is -1.93. The lowest BCUT2D eigenvalue weighted by Gasteiger charge is -2.23. The zero-order chi connectivity index (χ0) is 12.4. The molecular weight excluding hydrogens is 226 g/mol. The lowest BCUT2D eigenvalue weighted by molar-refractivity contribution is 0.397. The Balaban J connectivity index is 1.94. The molecule has 1 saturated heterocycles. The largest absolute Gasteiger partial charge is 0.346 e. The molecule has 3 rings (SSSR count). The second-order valence-electron chi connectivity index (χ2n) is 4.70. The summed E-state index contributed by atoms with van der Waals surface area (Å²) >= 11 is 0. The summed E-state index contributed by atoms with van der Waals surface area (Å²) in [5.41, 5.74) is 1.73. The summed E-state index contributed by atoms with van der Waals surface area (Å²) < 4.78 is 0. The van der Waals surface area contributed by atoms with Gasteiger partial charge >= 0.3 is 0 Å². The van der Waals surface area contributed by atoms with Gasteiger partial charge in [0.2, 0.25) is 5.82 Å². The monoisotopic (exact) mass is 241 g/mol. The third-order valence-electron chi connectivity index (χ3n) is 3.45. The SMILES string of the molecule is N#Cc1nc(CC2CCCCN2)c2cc[nH]c2n1. The second-order valence-corrected chi connectivity index (χ2v) is 4.70. The van der Waals surface area contributed by atoms with E-state index in [9.17, 15) is 0 Å². The third-order valence-corrected chi connectivity index (χ3v) is 3.45. The highest BCUT2D eigenvalue weighted by atomic mass is 15.0. The molecule has 2 N–H and O–H groups in total. The minimum atomic E-state index is 0.246. The number of aromatic amines is 1. The Kier molecular flexibility index (Phi) is 2.95. The highest BCUT2D eigenvalue weighted by Gasteiger charge is 2.16. The van der Waals surface area contributed by atoms with Crippen LogP contribution in [-0.2, 0) is 6.42 Å². The molecule has 0 aliphatic carbocycles. The van der Waals surface area contributed by atoms with Crippen molar-refractivity contribution in [1.82, 2.24) is 20.3 Å². The first-order valence-electron chi connectivity index (χ1n) is 6.34. The van der Waals surface area contributed by atoms with Crippen LogP contribution in [0.2, 0.25) is 0 Å². The van der Waals surface area contributed by atoms with Crippen molar-refractivity contribution in [2.75, 3.05) is 6.54 Å². The molecule has 2 aromatic rings. The minimum Gasteiger partial charge on any atom is -0.346 e. The molecule has 18 heavy (non-hydrogen) atoms. The van der Waals surface area contributed by atoms with Crippen LogP contribution < -0.4 is 5.32 Å². The predicted octanol–water partition coefficient (Wildman–Crippen LogP) is 1.51. The van der Waals surface area contributed by atoms with E-state index in [1.54, 1.807) is 0 Å². The van der Waals surface area contributed by atoms with Crippen LogP contribution in [-0.4, -0.2) is 27.5 Å². The molecule has 5 nitrogen and oxygen atoms in total. The molecule has 0 bridgehead atoms. The molecule has 1 unspecified atom stereocenters. The van der Waals surface area contributed by atoms with Gasteiger partial charge in [0.25, 0.3) is 0 Å². The van der Waals surface area contributed by atoms with Crippen molar-refractivity contribution >= 4 is 11.0 Å². The number of H-pyrrole nitrogens is 1. The summed E-state index contributed by atoms with van der Waals surface area (Å²) in [7, 11) is 0. The van der Waals surface area contributed by atoms with Crippen molar-refractivity contribution in [2.24, 2.45) is 0 Å². The lowest BCUT2D eigenvalue weighted by Crippen LogP contribution is -2.35. The maximum atomic E-state index is 8.96. The molecule has 0 amide bonds. The van der Waals surface area contributed by atoms with Crippen LogP contribution in [0.1, 0.15) is 30.8 Å². The first-order valence-corrected chi connectivity index (χ1v) is 6.34. The molecule has 1 atom stereocenters. The van der Waals surface area contributed by atoms with Crippen molar-refractivity contribution in [2.45, 2.75) is 31.7 Å². The van der Waals surface area contributed by atoms with Gasteiger partial charge in [-0.05, 0) is 25.5 Å². The van der Waals surface area contributed by atoms with E-state index in [0.717, 1.165) is 29.7 Å². The average Bonchev–Trinajstić information content (AvgIpc) is 2.88. The maximum Gasteiger partial charge on any atom is 0.234 e. The summed E-state index contributed by atoms with van der Waals surface area (Å²) in [6.07, 6.45) is 6.41. The number of nitrogens with zero attached hydrogens (tertiary/aromatic N) is 3. The Morgan fingerprint density at radius 2 is 2.33 bits per heavy atom. The fraction of sp³-hybridized carbons (Fsp3) is 0.462. The summed E-state index contributed by atoms with van der Waals surface area (Å²) in [5, 5.41) is 13.5. The molecule has 2 aromatic heterocycles. The van der Waals surface area contributed by atoms with Gasteiger partial charge in [0.05, 0.1) is 5.69 Å². The van der Waals surface area contributed by atoms with Crippen LogP contribution in [0, 0.1) is 11.3 Å². The van der Waals surface area contributed by atoms with E-state index in [1.165, 1.54) is 19.3 Å². The standard InChI is InChI=1S/C13H15N5/c14-8-12-17-11(7-9-3-1-2-5-15-9)10-4-6-16-13(10)18-12/h4,6,9,15H,1-3,5,7H2,(H,16,17,18). The summed E-state index contributed by atoms with van der Waals surface area (Å²) in [6.45, 7) is 1.08. The Bertz CT molecular complexity index is 589. The van der Waals surface area contributed by atoms with Crippen LogP contribution in [0.3, 0.4) is 0 Å². The predicted molar refractivity (Wildman–Crippen MR) is 67.9 cm³/mol. The summed E-state index contributed by atoms with van der Waals surface area (Å²) in [6, 6.07) is 4.48. The average molecular weight is 241 g/mol. The van der Waals surface area contributed by atoms with E-state index in [0.29, 0.717) is 6.04 Å². The van der Waals surface area contributed by atoms with Gasteiger partial charge in [-0.25, -0.2) is 9.97 Å². The highest BCUT2D eigenvalue weighted by molar-refractivity contribution is 5.78. The van der Waals surface area contributed by atoms with E-state index in [4.69, 9.17) is 5.26 Å². The van der Waals surface area contributed by atoms with E-state index >= 15 is 0 Å². The summed E-state index contributed by atoms with van der Waals surface area (Å²) in [4.78, 5) is 11.6. The number of rotatable bonds is 2. The first kappa shape index (κ1) is 11.2. The van der Waals surface area contributed by atoms with Gasteiger partial charge < -0.3 is 10.3 Å². The van der Waals surface area contributed by atoms with Crippen molar-refractivity contribution in [3.8, 4) is 6.07 Å². The van der Waals surface area contributed by atoms with Gasteiger partial charge in [0.1, 0.15) is 11.7 Å². The fourth-order valence-electron chi connectivity index (χ4n) is 2.54. The zero-order valence-corrected chi connectivity index (χ0v) is 10.1. The molecular formula is C13H15N5. The van der Waals surface area contributed by atoms with Gasteiger partial charge in [0.15, 0.2) is 0 Å². The van der Waals surface area contributed by atoms with Gasteiger partial charge in [0, 0.05) is 24.0 Å². The van der Waals surface area contributed by atoms with E-state index in [1.807, 2.05) is 18.3 Å². The van der Waals surface area contributed by atoms with Crippen molar-refractivity contribution in [3.05, 3.63) is 23.8 Å². The molecule has 92 valence electrons. The molecule has 5 heteroatoms. The van der Waals surface area contributed by atoms with E-state index in [-0.39, 0.29) is 5.82 Å². The van der Waals surface area contributed by atoms with Gasteiger partial charge in [-0.3, -0.25) is 0 Å². The number of nitriles is 1. The normalized spacial score (nSPS) is 19.8. The summed E-state index contributed by atoms with van der Waals surface area (Å²) in [5.74, 6) is 0.246. The van der Waals surface area contributed by atoms with E-state index in [2.05, 4.69) is 20.3 Å². The minimum absolute atomic E-state index is 0.246. The van der Waals surface area contributed by atoms with Crippen LogP contribution >= 0.6 is 0 Å². The molecule has 0 aromatic carbocycles. The van der Waals surface area contributed by atoms with Gasteiger partial charge in [-0.2, -0.15) is 5.26 Å². The first-order chi connectivity index (χ1) is 8.86. The smallest absolute Gasteiger partial charge is 0.234 e. The number of piperidine rings is 1. The van der Waals surface area contributed by atoms with Crippen molar-refractivity contribution in [3.63, 3.8) is 0 Å². The Labute approximate surface area is 105 Å². The Morgan fingerprint density at radius 1 is 1.39 bits per heavy atom. The number of fused-ring (bicyclic) bond motifs is 1. The van der Waals surface area contributed by atoms with Crippen LogP contribution in [0.4, 0.5) is 0 Å². The van der Waals surface area contributed by atoms with Crippen molar-refractivity contribution < 1.29 is 0 Å². The molecule has 1 fully saturated rings. The van der Waals surface area contributed by atoms with Crippen LogP contribution in [0.15, 0.2) is 12.3 Å². The quantitative estimate of drug-likeness (QED) is 0.835. The molecule has 1 aliphatic heterocycles. The Morgan fingerprint density at radius 3 is 3.11 bits per heavy atom. The second kappa shape index (κ2) is 4.75. The number of hydrogen-bond acceptors (Lipinski definition) is 4. The third kappa shape index (κ3) is 2.07.